The summed E-state index contributed by atoms with van der Waals surface area (Å²) in [5, 5.41) is 0. The van der Waals surface area contributed by atoms with Crippen LogP contribution in [-0.4, -0.2) is 79.9 Å². The molecule has 31 heavy (non-hydrogen) atoms. The van der Waals surface area contributed by atoms with Crippen LogP contribution in [0.1, 0.15) is 27.7 Å². The predicted molar refractivity (Wildman–Crippen MR) is 96.9 cm³/mol. The van der Waals surface area contributed by atoms with Crippen molar-refractivity contribution in [1.82, 2.24) is 0 Å². The first-order valence-corrected chi connectivity index (χ1v) is 9.35. The number of hydrogen-bond acceptors (Lipinski definition) is 12. The third kappa shape index (κ3) is 7.42. The highest BCUT2D eigenvalue weighted by atomic mass is 16.8. The summed E-state index contributed by atoms with van der Waals surface area (Å²) in [6, 6.07) is 0. The normalized spacial score (nSPS) is 30.3. The van der Waals surface area contributed by atoms with E-state index in [-0.39, 0.29) is 19.0 Å². The molecule has 0 bridgehead atoms. The summed E-state index contributed by atoms with van der Waals surface area (Å²) in [5.41, 5.74) is 0. The van der Waals surface area contributed by atoms with Crippen LogP contribution in [0.5, 0.6) is 0 Å². The summed E-state index contributed by atoms with van der Waals surface area (Å²) in [6.07, 6.45) is -4.84. The Morgan fingerprint density at radius 2 is 1.42 bits per heavy atom. The number of carbonyl (C=O) groups is 5. The van der Waals surface area contributed by atoms with Gasteiger partial charge in [0.15, 0.2) is 24.3 Å². The average Bonchev–Trinajstić information content (AvgIpc) is 2.65. The molecule has 2 rings (SSSR count). The van der Waals surface area contributed by atoms with Crippen molar-refractivity contribution in [3.8, 4) is 0 Å². The molecular formula is C19H24O12. The van der Waals surface area contributed by atoms with Gasteiger partial charge in [0.05, 0.1) is 6.61 Å². The second-order valence-corrected chi connectivity index (χ2v) is 6.71. The van der Waals surface area contributed by atoms with Crippen LogP contribution in [-0.2, 0) is 57.1 Å². The number of carbonyl (C=O) groups excluding carboxylic acids is 5. The molecule has 0 N–H and O–H groups in total. The minimum absolute atomic E-state index is 0.180. The van der Waals surface area contributed by atoms with Crippen LogP contribution in [0.2, 0.25) is 0 Å². The molecule has 0 saturated carbocycles. The minimum Gasteiger partial charge on any atom is -0.456 e. The number of esters is 4. The standard InChI is InChI=1S/C19H24O12/c1-9(20)27-16-14(8-26-15-6-5-13(24)7-25-15)31-19(30-12(4)23)18(29-11(3)22)17(16)28-10(2)21/h5-6,14-19H,7-8H2,1-4H3/t14-,15+,16-,17+,18-,19-/m1/s1. The molecule has 2 heterocycles. The first kappa shape index (κ1) is 24.4. The van der Waals surface area contributed by atoms with E-state index in [1.807, 2.05) is 0 Å². The van der Waals surface area contributed by atoms with Crippen LogP contribution in [0.15, 0.2) is 12.2 Å². The molecule has 0 aromatic heterocycles. The van der Waals surface area contributed by atoms with E-state index in [0.29, 0.717) is 0 Å². The molecule has 0 aliphatic carbocycles. The van der Waals surface area contributed by atoms with Crippen molar-refractivity contribution >= 4 is 29.7 Å². The Bertz CT molecular complexity index is 744. The van der Waals surface area contributed by atoms with Gasteiger partial charge in [0.1, 0.15) is 12.7 Å². The quantitative estimate of drug-likeness (QED) is 0.370. The fourth-order valence-corrected chi connectivity index (χ4v) is 2.99. The van der Waals surface area contributed by atoms with Gasteiger partial charge in [-0.1, -0.05) is 0 Å². The summed E-state index contributed by atoms with van der Waals surface area (Å²) >= 11 is 0. The van der Waals surface area contributed by atoms with E-state index >= 15 is 0 Å². The van der Waals surface area contributed by atoms with Crippen molar-refractivity contribution in [1.29, 1.82) is 0 Å². The van der Waals surface area contributed by atoms with Crippen LogP contribution in [0.4, 0.5) is 0 Å². The second-order valence-electron chi connectivity index (χ2n) is 6.71. The molecule has 172 valence electrons. The zero-order valence-electron chi connectivity index (χ0n) is 17.4. The minimum atomic E-state index is -1.48. The van der Waals surface area contributed by atoms with Gasteiger partial charge in [-0.15, -0.1) is 0 Å². The van der Waals surface area contributed by atoms with Gasteiger partial charge < -0.3 is 33.2 Å². The van der Waals surface area contributed by atoms with E-state index in [1.165, 1.54) is 12.2 Å². The predicted octanol–water partition coefficient (Wildman–Crippen LogP) is -0.432. The van der Waals surface area contributed by atoms with Crippen LogP contribution in [0.25, 0.3) is 0 Å². The number of ether oxygens (including phenoxy) is 7. The van der Waals surface area contributed by atoms with Gasteiger partial charge in [0.2, 0.25) is 12.4 Å². The molecule has 1 saturated heterocycles. The fourth-order valence-electron chi connectivity index (χ4n) is 2.99. The monoisotopic (exact) mass is 444 g/mol. The Labute approximate surface area is 177 Å². The molecule has 2 aliphatic heterocycles. The zero-order chi connectivity index (χ0) is 23.1. The number of hydrogen-bond donors (Lipinski definition) is 0. The highest BCUT2D eigenvalue weighted by Crippen LogP contribution is 2.30. The lowest BCUT2D eigenvalue weighted by Gasteiger charge is -2.43. The largest absolute Gasteiger partial charge is 0.456 e. The van der Waals surface area contributed by atoms with E-state index in [1.54, 1.807) is 0 Å². The molecule has 0 aromatic rings. The molecule has 0 unspecified atom stereocenters. The highest BCUT2D eigenvalue weighted by Gasteiger charge is 2.53. The maximum atomic E-state index is 11.7. The van der Waals surface area contributed by atoms with E-state index in [4.69, 9.17) is 33.2 Å². The van der Waals surface area contributed by atoms with Gasteiger partial charge in [-0.25, -0.2) is 0 Å². The Hall–Kier alpha value is -2.83. The molecule has 0 radical (unpaired) electrons. The van der Waals surface area contributed by atoms with Crippen molar-refractivity contribution in [3.63, 3.8) is 0 Å². The second kappa shape index (κ2) is 11.0. The van der Waals surface area contributed by atoms with Crippen molar-refractivity contribution in [2.45, 2.75) is 64.7 Å². The van der Waals surface area contributed by atoms with Crippen LogP contribution >= 0.6 is 0 Å². The summed E-state index contributed by atoms with van der Waals surface area (Å²) in [4.78, 5) is 57.8. The Balaban J connectivity index is 2.31. The van der Waals surface area contributed by atoms with Crippen molar-refractivity contribution in [2.24, 2.45) is 0 Å². The van der Waals surface area contributed by atoms with Gasteiger partial charge in [-0.05, 0) is 12.2 Å². The number of rotatable bonds is 7. The summed E-state index contributed by atoms with van der Waals surface area (Å²) in [5.74, 6) is -3.27. The van der Waals surface area contributed by atoms with Crippen LogP contribution in [0.3, 0.4) is 0 Å². The van der Waals surface area contributed by atoms with Gasteiger partial charge in [0.25, 0.3) is 0 Å². The lowest BCUT2D eigenvalue weighted by molar-refractivity contribution is -0.305. The summed E-state index contributed by atoms with van der Waals surface area (Å²) < 4.78 is 37.2. The van der Waals surface area contributed by atoms with Crippen LogP contribution in [0, 0.1) is 0 Å². The topological polar surface area (TPSA) is 150 Å². The van der Waals surface area contributed by atoms with E-state index in [9.17, 15) is 24.0 Å². The summed E-state index contributed by atoms with van der Waals surface area (Å²) in [7, 11) is 0. The smallest absolute Gasteiger partial charge is 0.305 e. The molecule has 2 aliphatic rings. The first-order valence-electron chi connectivity index (χ1n) is 9.35. The zero-order valence-corrected chi connectivity index (χ0v) is 17.4. The Morgan fingerprint density at radius 3 is 1.94 bits per heavy atom. The Morgan fingerprint density at radius 1 is 0.871 bits per heavy atom. The molecule has 6 atom stereocenters. The first-order chi connectivity index (χ1) is 14.6. The van der Waals surface area contributed by atoms with Gasteiger partial charge in [-0.2, -0.15) is 0 Å². The SMILES string of the molecule is CC(=O)O[C@@H]1O[C@H](CO[C@H]2C=CC(=O)CO2)[C@@H](OC(C)=O)[C@H](OC(C)=O)[C@H]1OC(C)=O. The highest BCUT2D eigenvalue weighted by molar-refractivity contribution is 5.91. The maximum Gasteiger partial charge on any atom is 0.305 e. The van der Waals surface area contributed by atoms with Crippen molar-refractivity contribution in [2.75, 3.05) is 13.2 Å². The third-order valence-corrected chi connectivity index (χ3v) is 4.03. The van der Waals surface area contributed by atoms with Gasteiger partial charge in [-0.3, -0.25) is 24.0 Å². The van der Waals surface area contributed by atoms with Crippen molar-refractivity contribution in [3.05, 3.63) is 12.2 Å². The van der Waals surface area contributed by atoms with Crippen LogP contribution < -0.4 is 0 Å². The van der Waals surface area contributed by atoms with E-state index in [2.05, 4.69) is 0 Å². The molecular weight excluding hydrogens is 420 g/mol. The lowest BCUT2D eigenvalue weighted by atomic mass is 9.98. The molecule has 1 fully saturated rings. The van der Waals surface area contributed by atoms with Gasteiger partial charge >= 0.3 is 23.9 Å². The molecule has 12 nitrogen and oxygen atoms in total. The molecule has 0 spiro atoms. The fraction of sp³-hybridized carbons (Fsp3) is 0.632. The van der Waals surface area contributed by atoms with Crippen molar-refractivity contribution < 1.29 is 57.1 Å². The Kier molecular flexibility index (Phi) is 8.65. The molecule has 0 amide bonds. The molecule has 12 heteroatoms. The van der Waals surface area contributed by atoms with E-state index in [0.717, 1.165) is 27.7 Å². The van der Waals surface area contributed by atoms with E-state index < -0.39 is 60.9 Å². The number of ketones is 1. The average molecular weight is 444 g/mol. The lowest BCUT2D eigenvalue weighted by Crippen LogP contribution is -2.63. The van der Waals surface area contributed by atoms with Gasteiger partial charge in [0, 0.05) is 27.7 Å². The summed E-state index contributed by atoms with van der Waals surface area (Å²) in [6.45, 7) is 3.98. The maximum absolute atomic E-state index is 11.7. The third-order valence-electron chi connectivity index (χ3n) is 4.03. The molecule has 0 aromatic carbocycles.